The van der Waals surface area contributed by atoms with Crippen molar-refractivity contribution in [1.82, 2.24) is 9.88 Å². The Morgan fingerprint density at radius 2 is 2.38 bits per heavy atom. The zero-order valence-electron chi connectivity index (χ0n) is 9.94. The highest BCUT2D eigenvalue weighted by Crippen LogP contribution is 2.16. The van der Waals surface area contributed by atoms with Crippen LogP contribution in [0.3, 0.4) is 0 Å². The molecule has 0 radical (unpaired) electrons. The molecule has 4 nitrogen and oxygen atoms in total. The molecule has 2 N–H and O–H groups in total. The molecule has 1 aromatic rings. The van der Waals surface area contributed by atoms with Crippen molar-refractivity contribution >= 4 is 5.91 Å². The third-order valence-electron chi connectivity index (χ3n) is 2.64. The second-order valence-corrected chi connectivity index (χ2v) is 3.88. The van der Waals surface area contributed by atoms with E-state index >= 15 is 0 Å². The lowest BCUT2D eigenvalue weighted by atomic mass is 10.1. The maximum Gasteiger partial charge on any atom is 0.219 e. The molecule has 0 bridgehead atoms. The van der Waals surface area contributed by atoms with Crippen molar-refractivity contribution in [3.05, 3.63) is 24.0 Å². The smallest absolute Gasteiger partial charge is 0.219 e. The van der Waals surface area contributed by atoms with E-state index < -0.39 is 0 Å². The lowest BCUT2D eigenvalue weighted by Crippen LogP contribution is -2.17. The summed E-state index contributed by atoms with van der Waals surface area (Å²) in [5, 5.41) is 12.2. The normalized spacial score (nSPS) is 12.4. The Labute approximate surface area is 96.3 Å². The van der Waals surface area contributed by atoms with Gasteiger partial charge >= 0.3 is 0 Å². The summed E-state index contributed by atoms with van der Waals surface area (Å²) in [6, 6.07) is 1.92. The number of hydrogen-bond acceptors (Lipinski definition) is 2. The first-order chi connectivity index (χ1) is 7.67. The SMILES string of the molecule is CCC(O)c1ccn(CCCC(=O)NC)c1. The standard InChI is InChI=1S/C12H20N2O2/c1-3-11(15)10-6-8-14(9-10)7-4-5-12(16)13-2/h6,8-9,11,15H,3-5,7H2,1-2H3,(H,13,16). The molecule has 4 heteroatoms. The molecule has 1 unspecified atom stereocenters. The molecule has 0 aliphatic rings. The molecule has 16 heavy (non-hydrogen) atoms. The zero-order valence-corrected chi connectivity index (χ0v) is 9.94. The predicted molar refractivity (Wildman–Crippen MR) is 63.0 cm³/mol. The summed E-state index contributed by atoms with van der Waals surface area (Å²) in [7, 11) is 1.65. The maximum absolute atomic E-state index is 11.0. The van der Waals surface area contributed by atoms with Gasteiger partial charge in [0.15, 0.2) is 0 Å². The van der Waals surface area contributed by atoms with Crippen molar-refractivity contribution < 1.29 is 9.90 Å². The number of nitrogens with zero attached hydrogens (tertiary/aromatic N) is 1. The summed E-state index contributed by atoms with van der Waals surface area (Å²) >= 11 is 0. The fraction of sp³-hybridized carbons (Fsp3) is 0.583. The van der Waals surface area contributed by atoms with Crippen LogP contribution in [0, 0.1) is 0 Å². The topological polar surface area (TPSA) is 54.3 Å². The van der Waals surface area contributed by atoms with E-state index in [0.717, 1.165) is 24.9 Å². The van der Waals surface area contributed by atoms with Crippen LogP contribution in [0.2, 0.25) is 0 Å². The first kappa shape index (κ1) is 12.8. The van der Waals surface area contributed by atoms with Crippen LogP contribution in [0.1, 0.15) is 37.9 Å². The number of rotatable bonds is 6. The number of aryl methyl sites for hydroxylation is 1. The molecule has 1 atom stereocenters. The van der Waals surface area contributed by atoms with Crippen molar-refractivity contribution in [2.45, 2.75) is 38.8 Å². The third-order valence-corrected chi connectivity index (χ3v) is 2.64. The number of hydrogen-bond donors (Lipinski definition) is 2. The number of nitrogens with one attached hydrogen (secondary N) is 1. The molecule has 0 saturated carbocycles. The Balaban J connectivity index is 2.37. The molecule has 1 amide bonds. The highest BCUT2D eigenvalue weighted by Gasteiger charge is 2.06. The van der Waals surface area contributed by atoms with Crippen molar-refractivity contribution in [2.75, 3.05) is 7.05 Å². The number of aliphatic hydroxyl groups excluding tert-OH is 1. The molecule has 0 spiro atoms. The van der Waals surface area contributed by atoms with E-state index in [-0.39, 0.29) is 12.0 Å². The maximum atomic E-state index is 11.0. The summed E-state index contributed by atoms with van der Waals surface area (Å²) in [4.78, 5) is 11.0. The van der Waals surface area contributed by atoms with Crippen molar-refractivity contribution in [3.63, 3.8) is 0 Å². The van der Waals surface area contributed by atoms with Gasteiger partial charge in [-0.15, -0.1) is 0 Å². The van der Waals surface area contributed by atoms with Crippen LogP contribution in [0.4, 0.5) is 0 Å². The van der Waals surface area contributed by atoms with Gasteiger partial charge < -0.3 is 15.0 Å². The van der Waals surface area contributed by atoms with Crippen LogP contribution in [0.25, 0.3) is 0 Å². The number of aromatic nitrogens is 1. The largest absolute Gasteiger partial charge is 0.388 e. The van der Waals surface area contributed by atoms with Crippen LogP contribution in [0.15, 0.2) is 18.5 Å². The zero-order chi connectivity index (χ0) is 12.0. The number of carbonyl (C=O) groups is 1. The summed E-state index contributed by atoms with van der Waals surface area (Å²) in [6.07, 6.45) is 5.59. The van der Waals surface area contributed by atoms with Gasteiger partial charge in [-0.3, -0.25) is 4.79 Å². The monoisotopic (exact) mass is 224 g/mol. The van der Waals surface area contributed by atoms with Gasteiger partial charge in [0.1, 0.15) is 0 Å². The Morgan fingerprint density at radius 3 is 3.00 bits per heavy atom. The van der Waals surface area contributed by atoms with Gasteiger partial charge in [-0.1, -0.05) is 6.92 Å². The Hall–Kier alpha value is -1.29. The first-order valence-corrected chi connectivity index (χ1v) is 5.71. The van der Waals surface area contributed by atoms with Crippen molar-refractivity contribution in [1.29, 1.82) is 0 Å². The predicted octanol–water partition coefficient (Wildman–Crippen LogP) is 1.46. The average Bonchev–Trinajstić information content (AvgIpc) is 2.76. The van der Waals surface area contributed by atoms with E-state index in [4.69, 9.17) is 0 Å². The van der Waals surface area contributed by atoms with Gasteiger partial charge in [-0.25, -0.2) is 0 Å². The fourth-order valence-electron chi connectivity index (χ4n) is 1.58. The summed E-state index contributed by atoms with van der Waals surface area (Å²) in [5.41, 5.74) is 0.947. The minimum absolute atomic E-state index is 0.0703. The van der Waals surface area contributed by atoms with Crippen LogP contribution >= 0.6 is 0 Å². The van der Waals surface area contributed by atoms with Gasteiger partial charge in [0.25, 0.3) is 0 Å². The molecule has 1 aromatic heterocycles. The molecule has 0 aliphatic heterocycles. The number of aliphatic hydroxyl groups is 1. The minimum Gasteiger partial charge on any atom is -0.388 e. The highest BCUT2D eigenvalue weighted by atomic mass is 16.3. The highest BCUT2D eigenvalue weighted by molar-refractivity contribution is 5.75. The number of carbonyl (C=O) groups excluding carboxylic acids is 1. The van der Waals surface area contributed by atoms with Crippen LogP contribution in [-0.2, 0) is 11.3 Å². The lowest BCUT2D eigenvalue weighted by molar-refractivity contribution is -0.120. The Kier molecular flexibility index (Phi) is 5.05. The molecule has 0 fully saturated rings. The van der Waals surface area contributed by atoms with Crippen molar-refractivity contribution in [3.8, 4) is 0 Å². The van der Waals surface area contributed by atoms with Gasteiger partial charge in [-0.05, 0) is 24.5 Å². The first-order valence-electron chi connectivity index (χ1n) is 5.71. The van der Waals surface area contributed by atoms with E-state index in [1.807, 2.05) is 30.0 Å². The van der Waals surface area contributed by atoms with Crippen LogP contribution in [-0.4, -0.2) is 22.6 Å². The van der Waals surface area contributed by atoms with E-state index in [1.165, 1.54) is 0 Å². The minimum atomic E-state index is -0.375. The Morgan fingerprint density at radius 1 is 1.62 bits per heavy atom. The van der Waals surface area contributed by atoms with Gasteiger partial charge in [-0.2, -0.15) is 0 Å². The molecule has 1 rings (SSSR count). The van der Waals surface area contributed by atoms with Gasteiger partial charge in [0.2, 0.25) is 5.91 Å². The second kappa shape index (κ2) is 6.33. The molecule has 1 heterocycles. The molecular weight excluding hydrogens is 204 g/mol. The summed E-state index contributed by atoms with van der Waals surface area (Å²) in [6.45, 7) is 2.76. The van der Waals surface area contributed by atoms with Gasteiger partial charge in [0, 0.05) is 32.4 Å². The average molecular weight is 224 g/mol. The fourth-order valence-corrected chi connectivity index (χ4v) is 1.58. The molecule has 0 saturated heterocycles. The Bertz CT molecular complexity index is 334. The van der Waals surface area contributed by atoms with Crippen LogP contribution < -0.4 is 5.32 Å². The number of amides is 1. The molecule has 90 valence electrons. The van der Waals surface area contributed by atoms with Crippen molar-refractivity contribution in [2.24, 2.45) is 0 Å². The third kappa shape index (κ3) is 3.70. The summed E-state index contributed by atoms with van der Waals surface area (Å²) < 4.78 is 2.01. The van der Waals surface area contributed by atoms with E-state index in [0.29, 0.717) is 6.42 Å². The van der Waals surface area contributed by atoms with E-state index in [2.05, 4.69) is 5.32 Å². The second-order valence-electron chi connectivity index (χ2n) is 3.88. The van der Waals surface area contributed by atoms with Crippen LogP contribution in [0.5, 0.6) is 0 Å². The molecule has 0 aliphatic carbocycles. The van der Waals surface area contributed by atoms with E-state index in [9.17, 15) is 9.90 Å². The molecule has 0 aromatic carbocycles. The molecular formula is C12H20N2O2. The van der Waals surface area contributed by atoms with Gasteiger partial charge in [0.05, 0.1) is 6.10 Å². The quantitative estimate of drug-likeness (QED) is 0.768. The summed E-state index contributed by atoms with van der Waals surface area (Å²) in [5.74, 6) is 0.0703. The van der Waals surface area contributed by atoms with E-state index in [1.54, 1.807) is 7.05 Å². The lowest BCUT2D eigenvalue weighted by Gasteiger charge is -2.05.